The third-order valence-electron chi connectivity index (χ3n) is 2.64. The van der Waals surface area contributed by atoms with E-state index in [1.807, 2.05) is 0 Å². The molecule has 0 radical (unpaired) electrons. The number of aromatic nitrogens is 1. The van der Waals surface area contributed by atoms with Crippen molar-refractivity contribution in [2.24, 2.45) is 0 Å². The minimum Gasteiger partial charge on any atom is -0.246 e. The van der Waals surface area contributed by atoms with Crippen molar-refractivity contribution in [2.75, 3.05) is 0 Å². The maximum Gasteiger partial charge on any atom is 0.156 e. The lowest BCUT2D eigenvalue weighted by atomic mass is 10.00. The molecule has 1 fully saturated rings. The van der Waals surface area contributed by atoms with Crippen LogP contribution in [-0.4, -0.2) is 4.98 Å². The first-order valence-electron chi connectivity index (χ1n) is 4.58. The summed E-state index contributed by atoms with van der Waals surface area (Å²) in [6.45, 7) is 0. The minimum atomic E-state index is -0.246. The van der Waals surface area contributed by atoms with Gasteiger partial charge in [-0.2, -0.15) is 0 Å². The molecular formula is C10H11BrFN. The van der Waals surface area contributed by atoms with Gasteiger partial charge in [0.1, 0.15) is 4.60 Å². The van der Waals surface area contributed by atoms with Gasteiger partial charge < -0.3 is 0 Å². The molecule has 1 aromatic rings. The van der Waals surface area contributed by atoms with E-state index in [0.717, 1.165) is 5.56 Å². The molecule has 1 aliphatic rings. The van der Waals surface area contributed by atoms with Gasteiger partial charge in [0.15, 0.2) is 5.82 Å². The second kappa shape index (κ2) is 3.74. The van der Waals surface area contributed by atoms with Crippen molar-refractivity contribution in [3.8, 4) is 0 Å². The molecule has 1 aliphatic carbocycles. The molecule has 0 spiro atoms. The number of nitrogens with zero attached hydrogens (tertiary/aromatic N) is 1. The predicted molar refractivity (Wildman–Crippen MR) is 53.1 cm³/mol. The van der Waals surface area contributed by atoms with Gasteiger partial charge in [0.05, 0.1) is 0 Å². The van der Waals surface area contributed by atoms with Crippen molar-refractivity contribution < 1.29 is 4.39 Å². The third kappa shape index (κ3) is 1.90. The van der Waals surface area contributed by atoms with Crippen LogP contribution < -0.4 is 0 Å². The largest absolute Gasteiger partial charge is 0.246 e. The summed E-state index contributed by atoms with van der Waals surface area (Å²) in [6.07, 6.45) is 6.68. The van der Waals surface area contributed by atoms with Gasteiger partial charge in [-0.05, 0) is 46.3 Å². The number of halogens is 2. The van der Waals surface area contributed by atoms with Crippen molar-refractivity contribution in [3.05, 3.63) is 28.2 Å². The molecule has 0 unspecified atom stereocenters. The van der Waals surface area contributed by atoms with Gasteiger partial charge in [0.2, 0.25) is 0 Å². The first-order chi connectivity index (χ1) is 6.27. The first-order valence-corrected chi connectivity index (χ1v) is 5.37. The van der Waals surface area contributed by atoms with E-state index in [9.17, 15) is 4.39 Å². The van der Waals surface area contributed by atoms with E-state index < -0.39 is 0 Å². The number of rotatable bonds is 1. The van der Waals surface area contributed by atoms with Gasteiger partial charge in [-0.15, -0.1) is 0 Å². The zero-order valence-corrected chi connectivity index (χ0v) is 8.85. The van der Waals surface area contributed by atoms with Crippen LogP contribution in [0, 0.1) is 5.82 Å². The fourth-order valence-corrected chi connectivity index (χ4v) is 2.14. The van der Waals surface area contributed by atoms with E-state index in [-0.39, 0.29) is 5.82 Å². The number of pyridine rings is 1. The van der Waals surface area contributed by atoms with E-state index in [2.05, 4.69) is 20.9 Å². The van der Waals surface area contributed by atoms with Crippen molar-refractivity contribution in [1.82, 2.24) is 4.98 Å². The van der Waals surface area contributed by atoms with Crippen molar-refractivity contribution in [1.29, 1.82) is 0 Å². The molecule has 0 aromatic carbocycles. The Morgan fingerprint density at radius 3 is 2.69 bits per heavy atom. The average Bonchev–Trinajstić information content (AvgIpc) is 2.62. The lowest BCUT2D eigenvalue weighted by Gasteiger charge is -2.08. The van der Waals surface area contributed by atoms with Crippen LogP contribution in [0.3, 0.4) is 0 Å². The van der Waals surface area contributed by atoms with Gasteiger partial charge in [-0.3, -0.25) is 0 Å². The fourth-order valence-electron chi connectivity index (χ4n) is 1.92. The molecule has 0 aliphatic heterocycles. The molecule has 1 aromatic heterocycles. The molecular weight excluding hydrogens is 233 g/mol. The highest BCUT2D eigenvalue weighted by molar-refractivity contribution is 9.10. The summed E-state index contributed by atoms with van der Waals surface area (Å²) >= 11 is 3.05. The van der Waals surface area contributed by atoms with Crippen LogP contribution in [0.4, 0.5) is 4.39 Å². The number of hydrogen-bond acceptors (Lipinski definition) is 1. The Morgan fingerprint density at radius 1 is 1.38 bits per heavy atom. The zero-order valence-electron chi connectivity index (χ0n) is 7.26. The molecule has 0 atom stereocenters. The van der Waals surface area contributed by atoms with Crippen molar-refractivity contribution in [3.63, 3.8) is 0 Å². The molecule has 13 heavy (non-hydrogen) atoms. The highest BCUT2D eigenvalue weighted by Gasteiger charge is 2.18. The first kappa shape index (κ1) is 9.13. The molecule has 0 saturated heterocycles. The molecule has 1 saturated carbocycles. The Hall–Kier alpha value is -0.440. The monoisotopic (exact) mass is 243 g/mol. The van der Waals surface area contributed by atoms with Crippen LogP contribution in [-0.2, 0) is 0 Å². The molecule has 0 amide bonds. The summed E-state index contributed by atoms with van der Waals surface area (Å²) in [4.78, 5) is 3.96. The third-order valence-corrected chi connectivity index (χ3v) is 3.23. The Kier molecular flexibility index (Phi) is 2.63. The second-order valence-electron chi connectivity index (χ2n) is 3.52. The minimum absolute atomic E-state index is 0.246. The highest BCUT2D eigenvalue weighted by Crippen LogP contribution is 2.34. The molecule has 0 bridgehead atoms. The summed E-state index contributed by atoms with van der Waals surface area (Å²) in [5, 5.41) is 0. The fraction of sp³-hybridized carbons (Fsp3) is 0.500. The Morgan fingerprint density at radius 2 is 2.08 bits per heavy atom. The lowest BCUT2D eigenvalue weighted by molar-refractivity contribution is 0.602. The molecule has 0 N–H and O–H groups in total. The summed E-state index contributed by atoms with van der Waals surface area (Å²) in [5.74, 6) is 0.291. The van der Waals surface area contributed by atoms with Crippen LogP contribution in [0.15, 0.2) is 16.9 Å². The van der Waals surface area contributed by atoms with Gasteiger partial charge in [0, 0.05) is 6.20 Å². The van der Waals surface area contributed by atoms with Crippen LogP contribution >= 0.6 is 15.9 Å². The van der Waals surface area contributed by atoms with Crippen molar-refractivity contribution >= 4 is 15.9 Å². The van der Waals surface area contributed by atoms with Crippen molar-refractivity contribution in [2.45, 2.75) is 31.6 Å². The van der Waals surface area contributed by atoms with Crippen LogP contribution in [0.5, 0.6) is 0 Å². The van der Waals surface area contributed by atoms with Gasteiger partial charge in [-0.1, -0.05) is 12.8 Å². The molecule has 3 heteroatoms. The van der Waals surface area contributed by atoms with E-state index in [1.54, 1.807) is 12.3 Å². The quantitative estimate of drug-likeness (QED) is 0.687. The molecule has 70 valence electrons. The normalized spacial score (nSPS) is 18.0. The maximum absolute atomic E-state index is 13.1. The van der Waals surface area contributed by atoms with E-state index in [0.29, 0.717) is 10.5 Å². The Balaban J connectivity index is 2.25. The summed E-state index contributed by atoms with van der Waals surface area (Å²) in [6, 6.07) is 1.60. The highest BCUT2D eigenvalue weighted by atomic mass is 79.9. The second-order valence-corrected chi connectivity index (χ2v) is 4.27. The van der Waals surface area contributed by atoms with Gasteiger partial charge in [-0.25, -0.2) is 9.37 Å². The molecule has 1 nitrogen and oxygen atoms in total. The summed E-state index contributed by atoms with van der Waals surface area (Å²) < 4.78 is 13.4. The standard InChI is InChI=1S/C10H11BrFN/c11-10-9(12)5-8(6-13-10)7-3-1-2-4-7/h5-7H,1-4H2. The van der Waals surface area contributed by atoms with Crippen LogP contribution in [0.2, 0.25) is 0 Å². The smallest absolute Gasteiger partial charge is 0.156 e. The topological polar surface area (TPSA) is 12.9 Å². The predicted octanol–water partition coefficient (Wildman–Crippen LogP) is 3.64. The average molecular weight is 244 g/mol. The van der Waals surface area contributed by atoms with Crippen LogP contribution in [0.25, 0.3) is 0 Å². The van der Waals surface area contributed by atoms with Gasteiger partial charge >= 0.3 is 0 Å². The van der Waals surface area contributed by atoms with Crippen LogP contribution in [0.1, 0.15) is 37.2 Å². The van der Waals surface area contributed by atoms with E-state index in [4.69, 9.17) is 0 Å². The summed E-state index contributed by atoms with van der Waals surface area (Å²) in [7, 11) is 0. The maximum atomic E-state index is 13.1. The summed E-state index contributed by atoms with van der Waals surface area (Å²) in [5.41, 5.74) is 1.05. The molecule has 2 rings (SSSR count). The number of hydrogen-bond donors (Lipinski definition) is 0. The van der Waals surface area contributed by atoms with Gasteiger partial charge in [0.25, 0.3) is 0 Å². The zero-order chi connectivity index (χ0) is 9.26. The van der Waals surface area contributed by atoms with E-state index >= 15 is 0 Å². The Labute approximate surface area is 85.5 Å². The van der Waals surface area contributed by atoms with E-state index in [1.165, 1.54) is 25.7 Å². The lowest BCUT2D eigenvalue weighted by Crippen LogP contribution is -1.95. The Bertz CT molecular complexity index is 308. The molecule has 1 heterocycles. The SMILES string of the molecule is Fc1cc(C2CCCC2)cnc1Br.